The minimum atomic E-state index is -0.158. The highest BCUT2D eigenvalue weighted by Crippen LogP contribution is 2.17. The molecule has 3 amide bonds. The molecule has 8 nitrogen and oxygen atoms in total. The average Bonchev–Trinajstić information content (AvgIpc) is 2.96. The number of methoxy groups -OCH3 is 1. The predicted octanol–water partition coefficient (Wildman–Crippen LogP) is 2.36. The second-order valence-electron chi connectivity index (χ2n) is 6.85. The summed E-state index contributed by atoms with van der Waals surface area (Å²) >= 11 is 0. The van der Waals surface area contributed by atoms with Crippen molar-refractivity contribution in [2.45, 2.75) is 26.3 Å². The maximum Gasteiger partial charge on any atom is 0.321 e. The number of hydrogen-bond acceptors (Lipinski definition) is 4. The molecule has 0 aliphatic carbocycles. The van der Waals surface area contributed by atoms with Crippen LogP contribution >= 0.6 is 0 Å². The SMILES string of the molecule is COc1cccc(NC(=O)N2CCCN(C(=O)CCn3ccc(C)n3)CC2)c1. The minimum absolute atomic E-state index is 0.100. The molecular formula is C20H27N5O3. The number of carbonyl (C=O) groups excluding carboxylic acids is 2. The summed E-state index contributed by atoms with van der Waals surface area (Å²) in [6.07, 6.45) is 3.06. The lowest BCUT2D eigenvalue weighted by Gasteiger charge is -2.22. The zero-order chi connectivity index (χ0) is 19.9. The van der Waals surface area contributed by atoms with Crippen LogP contribution in [0.3, 0.4) is 0 Å². The predicted molar refractivity (Wildman–Crippen MR) is 106 cm³/mol. The summed E-state index contributed by atoms with van der Waals surface area (Å²) in [5.41, 5.74) is 1.64. The van der Waals surface area contributed by atoms with Gasteiger partial charge in [0, 0.05) is 57.1 Å². The molecule has 0 spiro atoms. The third kappa shape index (κ3) is 5.25. The molecule has 1 aromatic carbocycles. The van der Waals surface area contributed by atoms with Gasteiger partial charge in [-0.3, -0.25) is 9.48 Å². The Labute approximate surface area is 165 Å². The molecule has 8 heteroatoms. The third-order valence-electron chi connectivity index (χ3n) is 4.79. The summed E-state index contributed by atoms with van der Waals surface area (Å²) in [7, 11) is 1.59. The lowest BCUT2D eigenvalue weighted by atomic mass is 10.3. The zero-order valence-electron chi connectivity index (χ0n) is 16.4. The molecule has 0 radical (unpaired) electrons. The van der Waals surface area contributed by atoms with Gasteiger partial charge in [0.2, 0.25) is 5.91 Å². The largest absolute Gasteiger partial charge is 0.497 e. The number of benzene rings is 1. The van der Waals surface area contributed by atoms with Crippen molar-refractivity contribution in [1.82, 2.24) is 19.6 Å². The molecule has 1 fully saturated rings. The van der Waals surface area contributed by atoms with Gasteiger partial charge in [0.05, 0.1) is 12.8 Å². The highest BCUT2D eigenvalue weighted by Gasteiger charge is 2.22. The van der Waals surface area contributed by atoms with Gasteiger partial charge in [0.15, 0.2) is 0 Å². The molecule has 2 aromatic rings. The second-order valence-corrected chi connectivity index (χ2v) is 6.85. The van der Waals surface area contributed by atoms with Crippen LogP contribution in [0.25, 0.3) is 0 Å². The van der Waals surface area contributed by atoms with Crippen LogP contribution in [0.4, 0.5) is 10.5 Å². The van der Waals surface area contributed by atoms with Gasteiger partial charge in [0.25, 0.3) is 0 Å². The van der Waals surface area contributed by atoms with Crippen LogP contribution in [-0.4, -0.2) is 64.8 Å². The molecule has 1 aliphatic heterocycles. The van der Waals surface area contributed by atoms with E-state index in [1.807, 2.05) is 42.3 Å². The van der Waals surface area contributed by atoms with Crippen LogP contribution in [0.1, 0.15) is 18.5 Å². The number of urea groups is 1. The van der Waals surface area contributed by atoms with Crippen molar-refractivity contribution in [3.05, 3.63) is 42.2 Å². The van der Waals surface area contributed by atoms with E-state index in [9.17, 15) is 9.59 Å². The summed E-state index contributed by atoms with van der Waals surface area (Å²) in [6, 6.07) is 9.03. The molecule has 150 valence electrons. The molecule has 0 atom stereocenters. The number of anilines is 1. The Hall–Kier alpha value is -3.03. The molecule has 0 unspecified atom stereocenters. The summed E-state index contributed by atoms with van der Waals surface area (Å²) in [6.45, 7) is 4.85. The maximum atomic E-state index is 12.6. The Kier molecular flexibility index (Phi) is 6.52. The molecule has 2 heterocycles. The van der Waals surface area contributed by atoms with Crippen molar-refractivity contribution in [2.24, 2.45) is 0 Å². The highest BCUT2D eigenvalue weighted by molar-refractivity contribution is 5.89. The van der Waals surface area contributed by atoms with Gasteiger partial charge < -0.3 is 19.9 Å². The van der Waals surface area contributed by atoms with Gasteiger partial charge in [-0.2, -0.15) is 5.10 Å². The molecule has 1 aliphatic rings. The van der Waals surface area contributed by atoms with E-state index in [0.29, 0.717) is 50.6 Å². The van der Waals surface area contributed by atoms with Crippen molar-refractivity contribution < 1.29 is 14.3 Å². The standard InChI is InChI=1S/C20H27N5O3/c1-16-7-11-25(22-16)12-8-19(26)23-9-4-10-24(14-13-23)20(27)21-17-5-3-6-18(15-17)28-2/h3,5-7,11,15H,4,8-10,12-14H2,1-2H3,(H,21,27). The fourth-order valence-corrected chi connectivity index (χ4v) is 3.23. The van der Waals surface area contributed by atoms with E-state index in [4.69, 9.17) is 4.74 Å². The fourth-order valence-electron chi connectivity index (χ4n) is 3.23. The summed E-state index contributed by atoms with van der Waals surface area (Å²) < 4.78 is 6.97. The summed E-state index contributed by atoms with van der Waals surface area (Å²) in [5.74, 6) is 0.793. The molecule has 0 saturated carbocycles. The van der Waals surface area contributed by atoms with Crippen LogP contribution in [0, 0.1) is 6.92 Å². The van der Waals surface area contributed by atoms with Gasteiger partial charge in [-0.1, -0.05) is 6.07 Å². The van der Waals surface area contributed by atoms with Gasteiger partial charge in [-0.25, -0.2) is 4.79 Å². The van der Waals surface area contributed by atoms with E-state index in [-0.39, 0.29) is 11.9 Å². The number of hydrogen-bond donors (Lipinski definition) is 1. The number of aromatic nitrogens is 2. The van der Waals surface area contributed by atoms with Crippen molar-refractivity contribution in [3.8, 4) is 5.75 Å². The van der Waals surface area contributed by atoms with Crippen LogP contribution < -0.4 is 10.1 Å². The average molecular weight is 385 g/mol. The number of nitrogens with zero attached hydrogens (tertiary/aromatic N) is 4. The Morgan fingerprint density at radius 2 is 1.93 bits per heavy atom. The molecule has 0 bridgehead atoms. The molecule has 1 aromatic heterocycles. The van der Waals surface area contributed by atoms with Crippen molar-refractivity contribution in [1.29, 1.82) is 0 Å². The lowest BCUT2D eigenvalue weighted by molar-refractivity contribution is -0.131. The fraction of sp³-hybridized carbons (Fsp3) is 0.450. The first-order valence-corrected chi connectivity index (χ1v) is 9.53. The Bertz CT molecular complexity index is 820. The first-order chi connectivity index (χ1) is 13.5. The number of aryl methyl sites for hydroxylation is 2. The van der Waals surface area contributed by atoms with Gasteiger partial charge in [0.1, 0.15) is 5.75 Å². The van der Waals surface area contributed by atoms with E-state index in [2.05, 4.69) is 10.4 Å². The number of carbonyl (C=O) groups is 2. The molecular weight excluding hydrogens is 358 g/mol. The van der Waals surface area contributed by atoms with E-state index in [0.717, 1.165) is 12.1 Å². The van der Waals surface area contributed by atoms with Crippen molar-refractivity contribution in [3.63, 3.8) is 0 Å². The normalized spacial score (nSPS) is 14.5. The van der Waals surface area contributed by atoms with Crippen LogP contribution in [0.2, 0.25) is 0 Å². The Morgan fingerprint density at radius 1 is 1.14 bits per heavy atom. The smallest absolute Gasteiger partial charge is 0.321 e. The zero-order valence-corrected chi connectivity index (χ0v) is 16.4. The van der Waals surface area contributed by atoms with Gasteiger partial charge in [-0.05, 0) is 31.5 Å². The quantitative estimate of drug-likeness (QED) is 0.857. The maximum absolute atomic E-state index is 12.6. The lowest BCUT2D eigenvalue weighted by Crippen LogP contribution is -2.39. The number of rotatable bonds is 5. The summed E-state index contributed by atoms with van der Waals surface area (Å²) in [4.78, 5) is 28.7. The number of amides is 3. The van der Waals surface area contributed by atoms with Crippen LogP contribution in [0.15, 0.2) is 36.5 Å². The van der Waals surface area contributed by atoms with E-state index < -0.39 is 0 Å². The topological polar surface area (TPSA) is 79.7 Å². The van der Waals surface area contributed by atoms with Gasteiger partial charge >= 0.3 is 6.03 Å². The molecule has 1 N–H and O–H groups in total. The summed E-state index contributed by atoms with van der Waals surface area (Å²) in [5, 5.41) is 7.21. The third-order valence-corrected chi connectivity index (χ3v) is 4.79. The first-order valence-electron chi connectivity index (χ1n) is 9.53. The van der Waals surface area contributed by atoms with E-state index >= 15 is 0 Å². The first kappa shape index (κ1) is 19.7. The molecule has 1 saturated heterocycles. The van der Waals surface area contributed by atoms with Crippen LogP contribution in [-0.2, 0) is 11.3 Å². The van der Waals surface area contributed by atoms with Crippen molar-refractivity contribution in [2.75, 3.05) is 38.6 Å². The van der Waals surface area contributed by atoms with E-state index in [1.54, 1.807) is 22.8 Å². The van der Waals surface area contributed by atoms with Crippen molar-refractivity contribution >= 4 is 17.6 Å². The Morgan fingerprint density at radius 3 is 2.68 bits per heavy atom. The second kappa shape index (κ2) is 9.25. The monoisotopic (exact) mass is 385 g/mol. The Balaban J connectivity index is 1.49. The molecule has 3 rings (SSSR count). The van der Waals surface area contributed by atoms with Gasteiger partial charge in [-0.15, -0.1) is 0 Å². The van der Waals surface area contributed by atoms with Crippen LogP contribution in [0.5, 0.6) is 5.75 Å². The molecule has 28 heavy (non-hydrogen) atoms. The number of ether oxygens (including phenoxy) is 1. The highest BCUT2D eigenvalue weighted by atomic mass is 16.5. The van der Waals surface area contributed by atoms with E-state index in [1.165, 1.54) is 0 Å². The minimum Gasteiger partial charge on any atom is -0.497 e. The number of nitrogens with one attached hydrogen (secondary N) is 1.